The zero-order valence-electron chi connectivity index (χ0n) is 8.18. The second kappa shape index (κ2) is 4.94. The molecule has 1 aromatic carbocycles. The first kappa shape index (κ1) is 11.7. The third kappa shape index (κ3) is 2.37. The van der Waals surface area contributed by atoms with Crippen molar-refractivity contribution >= 4 is 33.3 Å². The minimum absolute atomic E-state index is 0.0110. The van der Waals surface area contributed by atoms with E-state index in [1.807, 2.05) is 25.1 Å². The lowest BCUT2D eigenvalue weighted by molar-refractivity contribution is -0.116. The predicted molar refractivity (Wildman–Crippen MR) is 63.1 cm³/mol. The summed E-state index contributed by atoms with van der Waals surface area (Å²) in [4.78, 5) is 11.2. The first-order chi connectivity index (χ1) is 6.57. The number of carbonyl (C=O) groups excluding carboxylic acids is 1. The van der Waals surface area contributed by atoms with Crippen molar-refractivity contribution in [3.05, 3.63) is 34.9 Å². The lowest BCUT2D eigenvalue weighted by Gasteiger charge is -2.13. The van der Waals surface area contributed by atoms with Crippen molar-refractivity contribution in [3.8, 4) is 0 Å². The number of hydrogen-bond acceptors (Lipinski definition) is 1. The van der Waals surface area contributed by atoms with Crippen LogP contribution in [0.1, 0.15) is 29.0 Å². The molecular weight excluding hydrogens is 263 g/mol. The topological polar surface area (TPSA) is 17.1 Å². The van der Waals surface area contributed by atoms with Gasteiger partial charge in [-0.15, -0.1) is 11.6 Å². The van der Waals surface area contributed by atoms with Crippen molar-refractivity contribution in [2.24, 2.45) is 0 Å². The molecule has 14 heavy (non-hydrogen) atoms. The van der Waals surface area contributed by atoms with E-state index in [4.69, 9.17) is 11.6 Å². The van der Waals surface area contributed by atoms with E-state index in [1.54, 1.807) is 0 Å². The highest BCUT2D eigenvalue weighted by molar-refractivity contribution is 9.08. The summed E-state index contributed by atoms with van der Waals surface area (Å²) in [5.74, 6) is -0.0110. The van der Waals surface area contributed by atoms with Gasteiger partial charge < -0.3 is 0 Å². The molecule has 0 fully saturated rings. The van der Waals surface area contributed by atoms with Gasteiger partial charge >= 0.3 is 0 Å². The summed E-state index contributed by atoms with van der Waals surface area (Å²) in [6.45, 7) is 3.49. The van der Waals surface area contributed by atoms with E-state index < -0.39 is 5.38 Å². The number of Topliss-reactive ketones (excluding diaryl/α,β-unsaturated/α-hetero) is 1. The van der Waals surface area contributed by atoms with E-state index in [9.17, 15) is 4.79 Å². The molecular formula is C11H12BrClO. The van der Waals surface area contributed by atoms with Crippen LogP contribution in [0.5, 0.6) is 0 Å². The van der Waals surface area contributed by atoms with Crippen molar-refractivity contribution in [2.45, 2.75) is 24.6 Å². The van der Waals surface area contributed by atoms with Crippen molar-refractivity contribution in [1.29, 1.82) is 0 Å². The molecule has 0 N–H and O–H groups in total. The second-order valence-electron chi connectivity index (χ2n) is 3.25. The Balaban J connectivity index is 3.23. The summed E-state index contributed by atoms with van der Waals surface area (Å²) in [7, 11) is 0. The molecule has 1 rings (SSSR count). The maximum absolute atomic E-state index is 11.2. The lowest BCUT2D eigenvalue weighted by atomic mass is 9.98. The number of aryl methyl sites for hydroxylation is 1. The zero-order valence-corrected chi connectivity index (χ0v) is 10.5. The molecule has 3 heteroatoms. The third-order valence-electron chi connectivity index (χ3n) is 2.17. The Morgan fingerprint density at radius 3 is 2.71 bits per heavy atom. The zero-order chi connectivity index (χ0) is 10.7. The quantitative estimate of drug-likeness (QED) is 0.768. The molecule has 0 amide bonds. The minimum atomic E-state index is -0.524. The molecule has 76 valence electrons. The van der Waals surface area contributed by atoms with Gasteiger partial charge in [-0.3, -0.25) is 4.79 Å². The fourth-order valence-electron chi connectivity index (χ4n) is 1.42. The van der Waals surface area contributed by atoms with Gasteiger partial charge in [0.2, 0.25) is 0 Å². The summed E-state index contributed by atoms with van der Waals surface area (Å²) in [5, 5.41) is 0.198. The molecule has 0 saturated carbocycles. The minimum Gasteiger partial charge on any atom is -0.298 e. The molecule has 1 nitrogen and oxygen atoms in total. The Labute approximate surface area is 97.6 Å². The summed E-state index contributed by atoms with van der Waals surface area (Å²) < 4.78 is 0. The summed E-state index contributed by atoms with van der Waals surface area (Å²) >= 11 is 9.45. The van der Waals surface area contributed by atoms with Crippen LogP contribution in [-0.2, 0) is 10.1 Å². The number of carbonyl (C=O) groups is 1. The fourth-order valence-corrected chi connectivity index (χ4v) is 2.23. The molecule has 0 aliphatic heterocycles. The molecule has 1 atom stereocenters. The molecule has 0 radical (unpaired) electrons. The number of rotatable bonds is 3. The van der Waals surface area contributed by atoms with Crippen molar-refractivity contribution in [2.75, 3.05) is 0 Å². The molecule has 0 bridgehead atoms. The van der Waals surface area contributed by atoms with Crippen LogP contribution < -0.4 is 0 Å². The Morgan fingerprint density at radius 1 is 1.57 bits per heavy atom. The number of alkyl halides is 2. The average molecular weight is 276 g/mol. The SMILES string of the molecule is CC(=O)C(Cl)c1c(C)cccc1CBr. The van der Waals surface area contributed by atoms with Crippen molar-refractivity contribution in [1.82, 2.24) is 0 Å². The van der Waals surface area contributed by atoms with E-state index in [2.05, 4.69) is 15.9 Å². The Bertz CT molecular complexity index is 349. The Kier molecular flexibility index (Phi) is 4.14. The van der Waals surface area contributed by atoms with Gasteiger partial charge in [0.15, 0.2) is 5.78 Å². The number of benzene rings is 1. The fraction of sp³-hybridized carbons (Fsp3) is 0.364. The van der Waals surface area contributed by atoms with Gasteiger partial charge in [-0.1, -0.05) is 34.1 Å². The standard InChI is InChI=1S/C11H12BrClO/c1-7-4-3-5-9(6-12)10(7)11(13)8(2)14/h3-5,11H,6H2,1-2H3. The Hall–Kier alpha value is -0.340. The van der Waals surface area contributed by atoms with Crippen molar-refractivity contribution in [3.63, 3.8) is 0 Å². The highest BCUT2D eigenvalue weighted by Crippen LogP contribution is 2.29. The summed E-state index contributed by atoms with van der Waals surface area (Å²) in [6.07, 6.45) is 0. The van der Waals surface area contributed by atoms with Gasteiger partial charge in [0.05, 0.1) is 0 Å². The molecule has 1 aromatic rings. The third-order valence-corrected chi connectivity index (χ3v) is 3.30. The summed E-state index contributed by atoms with van der Waals surface area (Å²) in [6, 6.07) is 5.92. The maximum Gasteiger partial charge on any atom is 0.152 e. The van der Waals surface area contributed by atoms with Crippen LogP contribution in [-0.4, -0.2) is 5.78 Å². The Morgan fingerprint density at radius 2 is 2.21 bits per heavy atom. The first-order valence-electron chi connectivity index (χ1n) is 4.36. The van der Waals surface area contributed by atoms with Gasteiger partial charge in [0, 0.05) is 5.33 Å². The average Bonchev–Trinajstić information content (AvgIpc) is 2.16. The van der Waals surface area contributed by atoms with Crippen LogP contribution in [0.3, 0.4) is 0 Å². The first-order valence-corrected chi connectivity index (χ1v) is 5.92. The highest BCUT2D eigenvalue weighted by atomic mass is 79.9. The highest BCUT2D eigenvalue weighted by Gasteiger charge is 2.18. The largest absolute Gasteiger partial charge is 0.298 e. The number of ketones is 1. The monoisotopic (exact) mass is 274 g/mol. The van der Waals surface area contributed by atoms with E-state index in [1.165, 1.54) is 6.92 Å². The molecule has 0 aliphatic carbocycles. The van der Waals surface area contributed by atoms with E-state index in [0.717, 1.165) is 22.0 Å². The van der Waals surface area contributed by atoms with E-state index in [0.29, 0.717) is 0 Å². The van der Waals surface area contributed by atoms with E-state index in [-0.39, 0.29) is 5.78 Å². The summed E-state index contributed by atoms with van der Waals surface area (Å²) in [5.41, 5.74) is 3.09. The molecule has 1 unspecified atom stereocenters. The van der Waals surface area contributed by atoms with Gasteiger partial charge in [0.25, 0.3) is 0 Å². The normalized spacial score (nSPS) is 12.6. The van der Waals surface area contributed by atoms with E-state index >= 15 is 0 Å². The van der Waals surface area contributed by atoms with Crippen LogP contribution in [0.15, 0.2) is 18.2 Å². The van der Waals surface area contributed by atoms with Crippen LogP contribution in [0.4, 0.5) is 0 Å². The smallest absolute Gasteiger partial charge is 0.152 e. The maximum atomic E-state index is 11.2. The molecule has 0 saturated heterocycles. The second-order valence-corrected chi connectivity index (χ2v) is 4.25. The van der Waals surface area contributed by atoms with Crippen LogP contribution in [0.2, 0.25) is 0 Å². The van der Waals surface area contributed by atoms with Crippen molar-refractivity contribution < 1.29 is 4.79 Å². The molecule has 0 heterocycles. The lowest BCUT2D eigenvalue weighted by Crippen LogP contribution is -2.06. The number of halogens is 2. The molecule has 0 spiro atoms. The molecule has 0 aromatic heterocycles. The van der Waals surface area contributed by atoms with Gasteiger partial charge in [-0.2, -0.15) is 0 Å². The molecule has 0 aliphatic rings. The van der Waals surface area contributed by atoms with Gasteiger partial charge in [-0.05, 0) is 30.5 Å². The number of hydrogen-bond donors (Lipinski definition) is 0. The van der Waals surface area contributed by atoms with Gasteiger partial charge in [-0.25, -0.2) is 0 Å². The van der Waals surface area contributed by atoms with Gasteiger partial charge in [0.1, 0.15) is 5.38 Å². The predicted octanol–water partition coefficient (Wildman–Crippen LogP) is 3.76. The van der Waals surface area contributed by atoms with Crippen LogP contribution in [0, 0.1) is 6.92 Å². The van der Waals surface area contributed by atoms with Crippen LogP contribution in [0.25, 0.3) is 0 Å². The van der Waals surface area contributed by atoms with Crippen LogP contribution >= 0.6 is 27.5 Å².